The van der Waals surface area contributed by atoms with E-state index in [0.717, 1.165) is 29.3 Å². The van der Waals surface area contributed by atoms with Gasteiger partial charge in [0.05, 0.1) is 11.5 Å². The maximum atomic E-state index is 12.1. The smallest absolute Gasteiger partial charge is 0.155 e. The number of benzene rings is 1. The molecule has 0 aliphatic heterocycles. The largest absolute Gasteiger partial charge is 0.228 e. The van der Waals surface area contributed by atoms with Gasteiger partial charge in [-0.05, 0) is 36.3 Å². The number of aryl methyl sites for hydroxylation is 1. The Morgan fingerprint density at radius 2 is 1.94 bits per heavy atom. The molecule has 2 nitrogen and oxygen atoms in total. The van der Waals surface area contributed by atoms with Gasteiger partial charge in [0, 0.05) is 5.33 Å². The van der Waals surface area contributed by atoms with Crippen LogP contribution in [0.1, 0.15) is 24.0 Å². The van der Waals surface area contributed by atoms with Crippen molar-refractivity contribution in [2.24, 2.45) is 5.41 Å². The number of hydrogen-bond acceptors (Lipinski definition) is 2. The summed E-state index contributed by atoms with van der Waals surface area (Å²) in [6, 6.07) is 7.70. The molecule has 1 aromatic rings. The molecule has 94 valence electrons. The highest BCUT2D eigenvalue weighted by molar-refractivity contribution is 9.09. The minimum Gasteiger partial charge on any atom is -0.228 e. The third-order valence-corrected chi connectivity index (χ3v) is 6.40. The topological polar surface area (TPSA) is 34.1 Å². The van der Waals surface area contributed by atoms with Crippen molar-refractivity contribution >= 4 is 25.8 Å². The van der Waals surface area contributed by atoms with Crippen LogP contribution in [0.15, 0.2) is 24.3 Å². The average Bonchev–Trinajstić information content (AvgIpc) is 3.01. The zero-order valence-electron chi connectivity index (χ0n) is 9.95. The molecule has 1 fully saturated rings. The predicted molar refractivity (Wildman–Crippen MR) is 74.1 cm³/mol. The first-order valence-electron chi connectivity index (χ1n) is 5.77. The number of sulfone groups is 1. The maximum Gasteiger partial charge on any atom is 0.155 e. The van der Waals surface area contributed by atoms with Gasteiger partial charge in [0.15, 0.2) is 9.84 Å². The zero-order chi connectivity index (χ0) is 12.5. The van der Waals surface area contributed by atoms with Crippen LogP contribution in [-0.4, -0.2) is 19.5 Å². The number of hydrogen-bond donors (Lipinski definition) is 0. The Morgan fingerprint density at radius 3 is 2.47 bits per heavy atom. The lowest BCUT2D eigenvalue weighted by Crippen LogP contribution is -2.20. The van der Waals surface area contributed by atoms with Crippen molar-refractivity contribution in [1.82, 2.24) is 0 Å². The first-order valence-corrected chi connectivity index (χ1v) is 8.72. The molecular weight excluding hydrogens is 300 g/mol. The van der Waals surface area contributed by atoms with E-state index in [2.05, 4.69) is 15.9 Å². The lowest BCUT2D eigenvalue weighted by molar-refractivity contribution is 0.571. The van der Waals surface area contributed by atoms with Crippen molar-refractivity contribution in [3.63, 3.8) is 0 Å². The van der Waals surface area contributed by atoms with Crippen molar-refractivity contribution in [1.29, 1.82) is 0 Å². The number of halogens is 1. The molecule has 0 amide bonds. The van der Waals surface area contributed by atoms with Crippen molar-refractivity contribution in [2.75, 3.05) is 11.1 Å². The SMILES string of the molecule is Cc1ccccc1CS(=O)(=O)CC1(CBr)CC1. The normalized spacial score (nSPS) is 18.0. The Morgan fingerprint density at radius 1 is 1.29 bits per heavy atom. The van der Waals surface area contributed by atoms with Crippen LogP contribution in [0.3, 0.4) is 0 Å². The molecule has 0 atom stereocenters. The maximum absolute atomic E-state index is 12.1. The second-order valence-electron chi connectivity index (χ2n) is 5.09. The van der Waals surface area contributed by atoms with E-state index in [1.54, 1.807) is 0 Å². The van der Waals surface area contributed by atoms with Crippen LogP contribution in [0, 0.1) is 12.3 Å². The van der Waals surface area contributed by atoms with Crippen LogP contribution in [0.25, 0.3) is 0 Å². The molecule has 0 radical (unpaired) electrons. The molecule has 0 N–H and O–H groups in total. The molecule has 1 aliphatic rings. The molecule has 17 heavy (non-hydrogen) atoms. The second kappa shape index (κ2) is 4.73. The fourth-order valence-corrected chi connectivity index (χ4v) is 5.26. The van der Waals surface area contributed by atoms with Crippen LogP contribution in [0.4, 0.5) is 0 Å². The van der Waals surface area contributed by atoms with Gasteiger partial charge in [-0.15, -0.1) is 0 Å². The first-order chi connectivity index (χ1) is 7.96. The summed E-state index contributed by atoms with van der Waals surface area (Å²) in [5.74, 6) is 0.494. The van der Waals surface area contributed by atoms with Crippen LogP contribution < -0.4 is 0 Å². The Hall–Kier alpha value is -0.350. The van der Waals surface area contributed by atoms with Gasteiger partial charge in [0.1, 0.15) is 0 Å². The third-order valence-electron chi connectivity index (χ3n) is 3.40. The first kappa shape index (κ1) is 13.1. The van der Waals surface area contributed by atoms with Crippen molar-refractivity contribution < 1.29 is 8.42 Å². The summed E-state index contributed by atoms with van der Waals surface area (Å²) in [7, 11) is -2.99. The summed E-state index contributed by atoms with van der Waals surface area (Å²) in [5.41, 5.74) is 2.01. The highest BCUT2D eigenvalue weighted by atomic mass is 79.9. The summed E-state index contributed by atoms with van der Waals surface area (Å²) in [6.45, 7) is 1.96. The van der Waals surface area contributed by atoms with Gasteiger partial charge in [-0.25, -0.2) is 8.42 Å². The summed E-state index contributed by atoms with van der Waals surface area (Å²) >= 11 is 3.42. The van der Waals surface area contributed by atoms with E-state index < -0.39 is 9.84 Å². The minimum atomic E-state index is -2.99. The molecule has 0 spiro atoms. The van der Waals surface area contributed by atoms with Gasteiger partial charge < -0.3 is 0 Å². The molecule has 2 rings (SSSR count). The quantitative estimate of drug-likeness (QED) is 0.782. The van der Waals surface area contributed by atoms with Crippen LogP contribution >= 0.6 is 15.9 Å². The van der Waals surface area contributed by atoms with E-state index in [1.807, 2.05) is 31.2 Å². The minimum absolute atomic E-state index is 0.0293. The lowest BCUT2D eigenvalue weighted by Gasteiger charge is -2.12. The fourth-order valence-electron chi connectivity index (χ4n) is 2.02. The summed E-state index contributed by atoms with van der Waals surface area (Å²) in [5, 5.41) is 0.799. The number of alkyl halides is 1. The molecule has 0 heterocycles. The summed E-state index contributed by atoms with van der Waals surface area (Å²) in [6.07, 6.45) is 2.07. The molecule has 0 unspecified atom stereocenters. The molecular formula is C13H17BrO2S. The van der Waals surface area contributed by atoms with Crippen molar-refractivity contribution in [3.05, 3.63) is 35.4 Å². The second-order valence-corrected chi connectivity index (χ2v) is 7.72. The molecule has 4 heteroatoms. The average molecular weight is 317 g/mol. The van der Waals surface area contributed by atoms with E-state index in [-0.39, 0.29) is 11.2 Å². The monoisotopic (exact) mass is 316 g/mol. The van der Waals surface area contributed by atoms with Crippen molar-refractivity contribution in [2.45, 2.75) is 25.5 Å². The molecule has 0 bridgehead atoms. The van der Waals surface area contributed by atoms with Gasteiger partial charge in [0.25, 0.3) is 0 Å². The van der Waals surface area contributed by atoms with Gasteiger partial charge in [-0.1, -0.05) is 40.2 Å². The van der Waals surface area contributed by atoms with E-state index in [4.69, 9.17) is 0 Å². The standard InChI is InChI=1S/C13H17BrO2S/c1-11-4-2-3-5-12(11)8-17(15,16)10-13(9-14)6-7-13/h2-5H,6-10H2,1H3. The molecule has 0 saturated heterocycles. The van der Waals surface area contributed by atoms with Crippen LogP contribution in [-0.2, 0) is 15.6 Å². The molecule has 0 aromatic heterocycles. The highest BCUT2D eigenvalue weighted by Crippen LogP contribution is 2.48. The summed E-state index contributed by atoms with van der Waals surface area (Å²) in [4.78, 5) is 0. The Kier molecular flexibility index (Phi) is 3.64. The zero-order valence-corrected chi connectivity index (χ0v) is 12.4. The molecule has 1 saturated carbocycles. The van der Waals surface area contributed by atoms with E-state index >= 15 is 0 Å². The van der Waals surface area contributed by atoms with E-state index in [9.17, 15) is 8.42 Å². The summed E-state index contributed by atoms with van der Waals surface area (Å²) < 4.78 is 24.3. The highest BCUT2D eigenvalue weighted by Gasteiger charge is 2.44. The molecule has 1 aromatic carbocycles. The van der Waals surface area contributed by atoms with Crippen molar-refractivity contribution in [3.8, 4) is 0 Å². The van der Waals surface area contributed by atoms with Gasteiger partial charge in [-0.3, -0.25) is 0 Å². The molecule has 1 aliphatic carbocycles. The van der Waals surface area contributed by atoms with Crippen LogP contribution in [0.5, 0.6) is 0 Å². The lowest BCUT2D eigenvalue weighted by atomic mass is 10.1. The fraction of sp³-hybridized carbons (Fsp3) is 0.538. The number of rotatable bonds is 5. The Bertz CT molecular complexity index is 504. The van der Waals surface area contributed by atoms with Gasteiger partial charge in [-0.2, -0.15) is 0 Å². The van der Waals surface area contributed by atoms with Crippen LogP contribution in [0.2, 0.25) is 0 Å². The Labute approximate surface area is 111 Å². The van der Waals surface area contributed by atoms with Gasteiger partial charge >= 0.3 is 0 Å². The van der Waals surface area contributed by atoms with E-state index in [0.29, 0.717) is 5.75 Å². The van der Waals surface area contributed by atoms with Gasteiger partial charge in [0.2, 0.25) is 0 Å². The Balaban J connectivity index is 2.10. The predicted octanol–water partition coefficient (Wildman–Crippen LogP) is 3.08. The van der Waals surface area contributed by atoms with E-state index in [1.165, 1.54) is 0 Å². The third kappa shape index (κ3) is 3.32.